The van der Waals surface area contributed by atoms with Gasteiger partial charge in [-0.1, -0.05) is 35.9 Å². The number of hydrogen-bond acceptors (Lipinski definition) is 5. The van der Waals surface area contributed by atoms with Crippen LogP contribution in [-0.4, -0.2) is 43.5 Å². The van der Waals surface area contributed by atoms with E-state index in [0.717, 1.165) is 35.3 Å². The second-order valence-electron chi connectivity index (χ2n) is 7.83. The first-order valence-electron chi connectivity index (χ1n) is 10.3. The number of aryl methyl sites for hydroxylation is 1. The van der Waals surface area contributed by atoms with Gasteiger partial charge in [0.15, 0.2) is 0 Å². The Balaban J connectivity index is 1.57. The summed E-state index contributed by atoms with van der Waals surface area (Å²) in [6.45, 7) is -0.428. The van der Waals surface area contributed by atoms with Gasteiger partial charge in [-0.2, -0.15) is 0 Å². The number of hydrogen-bond donors (Lipinski definition) is 2. The van der Waals surface area contributed by atoms with Crippen LogP contribution in [0.2, 0.25) is 5.02 Å². The number of amides is 4. The Morgan fingerprint density at radius 1 is 1.16 bits per heavy atom. The van der Waals surface area contributed by atoms with Crippen molar-refractivity contribution < 1.29 is 23.9 Å². The van der Waals surface area contributed by atoms with E-state index in [2.05, 4.69) is 10.6 Å². The SMILES string of the molecule is COc1cc(NC(=O)CN2C(=O)NC3(CCCCc4ccccc43)C2=O)c(OC)cc1Cl. The summed E-state index contributed by atoms with van der Waals surface area (Å²) in [4.78, 5) is 40.0. The van der Waals surface area contributed by atoms with Gasteiger partial charge in [-0.25, -0.2) is 4.79 Å². The van der Waals surface area contributed by atoms with Crippen LogP contribution < -0.4 is 20.1 Å². The highest BCUT2D eigenvalue weighted by Crippen LogP contribution is 2.39. The molecule has 1 saturated heterocycles. The van der Waals surface area contributed by atoms with Gasteiger partial charge in [0, 0.05) is 12.1 Å². The molecular formula is C23H24ClN3O5. The Hall–Kier alpha value is -3.26. The lowest BCUT2D eigenvalue weighted by Crippen LogP contribution is -2.44. The van der Waals surface area contributed by atoms with Crippen LogP contribution in [0, 0.1) is 0 Å². The van der Waals surface area contributed by atoms with E-state index in [9.17, 15) is 14.4 Å². The fourth-order valence-corrected chi connectivity index (χ4v) is 4.64. The van der Waals surface area contributed by atoms with Crippen LogP contribution >= 0.6 is 11.6 Å². The van der Waals surface area contributed by atoms with E-state index in [4.69, 9.17) is 21.1 Å². The van der Waals surface area contributed by atoms with Gasteiger partial charge in [0.25, 0.3) is 5.91 Å². The number of nitrogens with one attached hydrogen (secondary N) is 2. The van der Waals surface area contributed by atoms with Gasteiger partial charge in [0.2, 0.25) is 5.91 Å². The number of carbonyl (C=O) groups excluding carboxylic acids is 3. The van der Waals surface area contributed by atoms with Crippen LogP contribution in [-0.2, 0) is 21.5 Å². The molecule has 32 heavy (non-hydrogen) atoms. The second kappa shape index (κ2) is 8.70. The van der Waals surface area contributed by atoms with Crippen LogP contribution in [0.5, 0.6) is 11.5 Å². The molecule has 1 fully saturated rings. The van der Waals surface area contributed by atoms with Crippen LogP contribution in [0.4, 0.5) is 10.5 Å². The first kappa shape index (κ1) is 22.0. The van der Waals surface area contributed by atoms with Crippen molar-refractivity contribution in [3.63, 3.8) is 0 Å². The number of ether oxygens (including phenoxy) is 2. The Bertz CT molecular complexity index is 1090. The highest BCUT2D eigenvalue weighted by molar-refractivity contribution is 6.32. The molecule has 0 aromatic heterocycles. The van der Waals surface area contributed by atoms with E-state index in [1.54, 1.807) is 0 Å². The summed E-state index contributed by atoms with van der Waals surface area (Å²) in [7, 11) is 2.90. The molecule has 1 unspecified atom stereocenters. The maximum Gasteiger partial charge on any atom is 0.325 e. The third-order valence-electron chi connectivity index (χ3n) is 5.95. The van der Waals surface area contributed by atoms with Crippen molar-refractivity contribution in [2.75, 3.05) is 26.1 Å². The van der Waals surface area contributed by atoms with Crippen molar-refractivity contribution >= 4 is 35.1 Å². The minimum absolute atomic E-state index is 0.320. The zero-order valence-electron chi connectivity index (χ0n) is 17.9. The summed E-state index contributed by atoms with van der Waals surface area (Å²) in [6.07, 6.45) is 3.07. The molecule has 2 N–H and O–H groups in total. The third kappa shape index (κ3) is 3.75. The number of fused-ring (bicyclic) bond motifs is 2. The summed E-state index contributed by atoms with van der Waals surface area (Å²) in [6, 6.07) is 10.1. The number of nitrogens with zero attached hydrogens (tertiary/aromatic N) is 1. The van der Waals surface area contributed by atoms with Gasteiger partial charge >= 0.3 is 6.03 Å². The van der Waals surface area contributed by atoms with E-state index < -0.39 is 29.9 Å². The molecule has 1 aliphatic heterocycles. The Labute approximate surface area is 190 Å². The Kier molecular flexibility index (Phi) is 5.97. The lowest BCUT2D eigenvalue weighted by Gasteiger charge is -2.27. The molecule has 2 aromatic carbocycles. The number of benzene rings is 2. The predicted octanol–water partition coefficient (Wildman–Crippen LogP) is 3.47. The van der Waals surface area contributed by atoms with E-state index >= 15 is 0 Å². The van der Waals surface area contributed by atoms with Crippen molar-refractivity contribution in [2.24, 2.45) is 0 Å². The minimum atomic E-state index is -1.13. The largest absolute Gasteiger partial charge is 0.495 e. The number of urea groups is 1. The normalized spacial score (nSPS) is 19.9. The standard InChI is InChI=1S/C23H24ClN3O5/c1-31-18-12-17(19(32-2)11-16(18)24)25-20(28)13-27-21(29)23(26-22(27)30)10-6-5-8-14-7-3-4-9-15(14)23/h3-4,7,9,11-12H,5-6,8,10,13H2,1-2H3,(H,25,28)(H,26,30). The van der Waals surface area contributed by atoms with Crippen molar-refractivity contribution in [1.29, 1.82) is 0 Å². The predicted molar refractivity (Wildman–Crippen MR) is 119 cm³/mol. The summed E-state index contributed by atoms with van der Waals surface area (Å²) >= 11 is 6.11. The molecule has 1 aliphatic carbocycles. The molecule has 2 aliphatic rings. The molecule has 8 nitrogen and oxygen atoms in total. The minimum Gasteiger partial charge on any atom is -0.495 e. The molecule has 168 valence electrons. The maximum absolute atomic E-state index is 13.5. The van der Waals surface area contributed by atoms with E-state index in [0.29, 0.717) is 28.6 Å². The fraction of sp³-hybridized carbons (Fsp3) is 0.348. The molecule has 1 spiro atoms. The third-order valence-corrected chi connectivity index (χ3v) is 6.25. The van der Waals surface area contributed by atoms with Gasteiger partial charge in [-0.05, 0) is 36.8 Å². The summed E-state index contributed by atoms with van der Waals surface area (Å²) < 4.78 is 10.5. The first-order chi connectivity index (χ1) is 15.4. The molecule has 1 heterocycles. The quantitative estimate of drug-likeness (QED) is 0.670. The molecule has 1 atom stereocenters. The van der Waals surface area contributed by atoms with Gasteiger partial charge < -0.3 is 20.1 Å². The summed E-state index contributed by atoms with van der Waals surface area (Å²) in [5.74, 6) is -0.273. The number of halogens is 1. The smallest absolute Gasteiger partial charge is 0.325 e. The van der Waals surface area contributed by atoms with Crippen molar-refractivity contribution in [3.8, 4) is 11.5 Å². The highest BCUT2D eigenvalue weighted by Gasteiger charge is 2.53. The number of rotatable bonds is 5. The monoisotopic (exact) mass is 457 g/mol. The van der Waals surface area contributed by atoms with Crippen LogP contribution in [0.25, 0.3) is 0 Å². The number of imide groups is 1. The Morgan fingerprint density at radius 2 is 1.91 bits per heavy atom. The van der Waals surface area contributed by atoms with Crippen LogP contribution in [0.15, 0.2) is 36.4 Å². The Morgan fingerprint density at radius 3 is 2.66 bits per heavy atom. The van der Waals surface area contributed by atoms with Crippen LogP contribution in [0.1, 0.15) is 30.4 Å². The number of carbonyl (C=O) groups is 3. The lowest BCUT2D eigenvalue weighted by atomic mass is 9.84. The van der Waals surface area contributed by atoms with E-state index in [-0.39, 0.29) is 0 Å². The molecule has 0 saturated carbocycles. The fourth-order valence-electron chi connectivity index (χ4n) is 4.41. The van der Waals surface area contributed by atoms with E-state index in [1.165, 1.54) is 26.4 Å². The topological polar surface area (TPSA) is 97.0 Å². The molecule has 0 bridgehead atoms. The molecule has 4 amide bonds. The van der Waals surface area contributed by atoms with E-state index in [1.807, 2.05) is 24.3 Å². The molecule has 2 aromatic rings. The van der Waals surface area contributed by atoms with Gasteiger partial charge in [-0.3, -0.25) is 14.5 Å². The average molecular weight is 458 g/mol. The van der Waals surface area contributed by atoms with Crippen LogP contribution in [0.3, 0.4) is 0 Å². The van der Waals surface area contributed by atoms with Crippen molar-refractivity contribution in [1.82, 2.24) is 10.2 Å². The van der Waals surface area contributed by atoms with Crippen molar-refractivity contribution in [2.45, 2.75) is 31.2 Å². The molecule has 9 heteroatoms. The molecule has 0 radical (unpaired) electrons. The second-order valence-corrected chi connectivity index (χ2v) is 8.23. The van der Waals surface area contributed by atoms with Gasteiger partial charge in [-0.15, -0.1) is 0 Å². The first-order valence-corrected chi connectivity index (χ1v) is 10.7. The summed E-state index contributed by atoms with van der Waals surface area (Å²) in [5, 5.41) is 5.88. The zero-order chi connectivity index (χ0) is 22.9. The lowest BCUT2D eigenvalue weighted by molar-refractivity contribution is -0.134. The average Bonchev–Trinajstić information content (AvgIpc) is 2.92. The molecule has 4 rings (SSSR count). The van der Waals surface area contributed by atoms with Crippen molar-refractivity contribution in [3.05, 3.63) is 52.5 Å². The summed E-state index contributed by atoms with van der Waals surface area (Å²) in [5.41, 5.74) is 1.04. The maximum atomic E-state index is 13.5. The highest BCUT2D eigenvalue weighted by atomic mass is 35.5. The number of anilines is 1. The molecular weight excluding hydrogens is 434 g/mol. The zero-order valence-corrected chi connectivity index (χ0v) is 18.6. The van der Waals surface area contributed by atoms with Gasteiger partial charge in [0.05, 0.1) is 24.9 Å². The van der Waals surface area contributed by atoms with Gasteiger partial charge in [0.1, 0.15) is 23.6 Å². The number of methoxy groups -OCH3 is 2.